The molecule has 0 aliphatic heterocycles. The van der Waals surface area contributed by atoms with E-state index in [9.17, 15) is 14.4 Å². The van der Waals surface area contributed by atoms with Crippen molar-refractivity contribution in [1.29, 1.82) is 0 Å². The Hall–Kier alpha value is -3.98. The first kappa shape index (κ1) is 22.5. The first-order valence-corrected chi connectivity index (χ1v) is 12.9. The Balaban J connectivity index is 1.59. The molecule has 8 nitrogen and oxygen atoms in total. The van der Waals surface area contributed by atoms with E-state index in [0.717, 1.165) is 36.1 Å². The van der Waals surface area contributed by atoms with E-state index in [1.807, 2.05) is 13.0 Å². The Bertz CT molecular complexity index is 1790. The zero-order valence-electron chi connectivity index (χ0n) is 19.8. The van der Waals surface area contributed by atoms with Crippen molar-refractivity contribution in [2.45, 2.75) is 39.2 Å². The zero-order chi connectivity index (χ0) is 24.8. The van der Waals surface area contributed by atoms with Crippen LogP contribution in [0, 0.1) is 0 Å². The molecule has 182 valence electrons. The molecule has 0 amide bonds. The summed E-state index contributed by atoms with van der Waals surface area (Å²) in [6, 6.07) is 13.8. The van der Waals surface area contributed by atoms with Crippen LogP contribution in [0.3, 0.4) is 0 Å². The van der Waals surface area contributed by atoms with Crippen LogP contribution in [0.2, 0.25) is 0 Å². The minimum absolute atomic E-state index is 0.0900. The van der Waals surface area contributed by atoms with Crippen molar-refractivity contribution in [2.24, 2.45) is 0 Å². The summed E-state index contributed by atoms with van der Waals surface area (Å²) in [5.41, 5.74) is 1.53. The smallest absolute Gasteiger partial charge is 0.337 e. The van der Waals surface area contributed by atoms with E-state index in [4.69, 9.17) is 4.74 Å². The molecule has 0 fully saturated rings. The fourth-order valence-electron chi connectivity index (χ4n) is 4.94. The number of ether oxygens (including phenoxy) is 1. The van der Waals surface area contributed by atoms with Crippen LogP contribution in [0.25, 0.3) is 21.6 Å². The molecule has 0 atom stereocenters. The fourth-order valence-corrected chi connectivity index (χ4v) is 6.31. The highest BCUT2D eigenvalue weighted by atomic mass is 32.1. The summed E-state index contributed by atoms with van der Waals surface area (Å²) < 4.78 is 9.82. The number of aromatic nitrogens is 4. The van der Waals surface area contributed by atoms with Gasteiger partial charge in [0.2, 0.25) is 0 Å². The van der Waals surface area contributed by atoms with Gasteiger partial charge in [0, 0.05) is 17.1 Å². The molecule has 0 unspecified atom stereocenters. The molecule has 0 radical (unpaired) electrons. The second kappa shape index (κ2) is 8.91. The molecule has 0 bridgehead atoms. The van der Waals surface area contributed by atoms with Crippen molar-refractivity contribution < 1.29 is 4.74 Å². The number of thiophene rings is 1. The molecule has 4 aromatic heterocycles. The summed E-state index contributed by atoms with van der Waals surface area (Å²) in [7, 11) is 0. The number of aryl methyl sites for hydroxylation is 2. The fraction of sp³-hybridized carbons (Fsp3) is 0.259. The lowest BCUT2D eigenvalue weighted by Crippen LogP contribution is -2.39. The monoisotopic (exact) mass is 500 g/mol. The second-order valence-corrected chi connectivity index (χ2v) is 9.93. The van der Waals surface area contributed by atoms with E-state index >= 15 is 0 Å². The first-order chi connectivity index (χ1) is 17.5. The van der Waals surface area contributed by atoms with Gasteiger partial charge in [-0.1, -0.05) is 6.07 Å². The number of nitrogens with zero attached hydrogens (tertiary/aromatic N) is 4. The van der Waals surface area contributed by atoms with Crippen LogP contribution in [0.4, 0.5) is 0 Å². The van der Waals surface area contributed by atoms with Crippen LogP contribution in [-0.2, 0) is 19.4 Å². The third-order valence-corrected chi connectivity index (χ3v) is 7.90. The van der Waals surface area contributed by atoms with Crippen molar-refractivity contribution >= 4 is 27.2 Å². The Labute approximate surface area is 209 Å². The molecule has 0 saturated carbocycles. The average molecular weight is 501 g/mol. The number of benzene rings is 1. The lowest BCUT2D eigenvalue weighted by Gasteiger charge is -2.14. The maximum atomic E-state index is 13.9. The lowest BCUT2D eigenvalue weighted by molar-refractivity contribution is 0.340. The van der Waals surface area contributed by atoms with Crippen LogP contribution in [0.1, 0.15) is 35.9 Å². The molecular weight excluding hydrogens is 476 g/mol. The molecule has 9 heteroatoms. The zero-order valence-corrected chi connectivity index (χ0v) is 20.6. The SMILES string of the molecule is CCOc1ccc(-n2c(=O)c3c4c(sc3n(Cc3cc(=O)n5ccccc5n3)c2=O)CCCC4)cc1. The van der Waals surface area contributed by atoms with Crippen LogP contribution >= 0.6 is 11.3 Å². The predicted molar refractivity (Wildman–Crippen MR) is 140 cm³/mol. The number of fused-ring (bicyclic) bond motifs is 4. The number of pyridine rings is 1. The largest absolute Gasteiger partial charge is 0.494 e. The lowest BCUT2D eigenvalue weighted by atomic mass is 9.97. The summed E-state index contributed by atoms with van der Waals surface area (Å²) >= 11 is 1.51. The van der Waals surface area contributed by atoms with Crippen molar-refractivity contribution in [1.82, 2.24) is 18.5 Å². The Kier molecular flexibility index (Phi) is 5.56. The summed E-state index contributed by atoms with van der Waals surface area (Å²) in [5.74, 6) is 0.671. The molecule has 0 spiro atoms. The maximum Gasteiger partial charge on any atom is 0.337 e. The van der Waals surface area contributed by atoms with Crippen molar-refractivity contribution in [2.75, 3.05) is 6.61 Å². The molecule has 0 saturated heterocycles. The van der Waals surface area contributed by atoms with Gasteiger partial charge in [-0.05, 0) is 74.6 Å². The standard InChI is InChI=1S/C27H24N4O4S/c1-2-35-19-12-10-18(11-13-19)31-25(33)24-20-7-3-4-8-21(20)36-26(24)30(27(31)34)16-17-15-23(32)29-14-6-5-9-22(29)28-17/h5-6,9-15H,2-4,7-8,16H2,1H3. The van der Waals surface area contributed by atoms with Crippen LogP contribution in [0.15, 0.2) is 69.1 Å². The highest BCUT2D eigenvalue weighted by Crippen LogP contribution is 2.34. The minimum atomic E-state index is -0.453. The molecule has 5 aromatic rings. The Morgan fingerprint density at radius 3 is 2.64 bits per heavy atom. The number of rotatable bonds is 5. The van der Waals surface area contributed by atoms with E-state index in [1.54, 1.807) is 47.2 Å². The summed E-state index contributed by atoms with van der Waals surface area (Å²) in [4.78, 5) is 46.8. The van der Waals surface area contributed by atoms with Crippen LogP contribution < -0.4 is 21.5 Å². The van der Waals surface area contributed by atoms with Crippen LogP contribution in [0.5, 0.6) is 5.75 Å². The van der Waals surface area contributed by atoms with Gasteiger partial charge in [0.1, 0.15) is 16.2 Å². The van der Waals surface area contributed by atoms with Crippen molar-refractivity contribution in [3.8, 4) is 11.4 Å². The van der Waals surface area contributed by atoms with Gasteiger partial charge < -0.3 is 4.74 Å². The molecule has 36 heavy (non-hydrogen) atoms. The number of hydrogen-bond acceptors (Lipinski definition) is 6. The van der Waals surface area contributed by atoms with Gasteiger partial charge in [-0.3, -0.25) is 18.6 Å². The minimum Gasteiger partial charge on any atom is -0.494 e. The van der Waals surface area contributed by atoms with E-state index in [1.165, 1.54) is 26.4 Å². The summed E-state index contributed by atoms with van der Waals surface area (Å²) in [6.45, 7) is 2.52. The van der Waals surface area contributed by atoms with Gasteiger partial charge in [0.25, 0.3) is 11.1 Å². The first-order valence-electron chi connectivity index (χ1n) is 12.1. The molecule has 4 heterocycles. The van der Waals surface area contributed by atoms with Gasteiger partial charge in [0.15, 0.2) is 0 Å². The molecular formula is C27H24N4O4S. The normalized spacial score (nSPS) is 13.2. The molecule has 1 aromatic carbocycles. The summed E-state index contributed by atoms with van der Waals surface area (Å²) in [5, 5.41) is 0.598. The molecule has 0 N–H and O–H groups in total. The van der Waals surface area contributed by atoms with E-state index in [2.05, 4.69) is 4.98 Å². The predicted octanol–water partition coefficient (Wildman–Crippen LogP) is 3.55. The maximum absolute atomic E-state index is 13.9. The topological polar surface area (TPSA) is 87.6 Å². The quantitative estimate of drug-likeness (QED) is 0.368. The highest BCUT2D eigenvalue weighted by Gasteiger charge is 2.24. The average Bonchev–Trinajstić information content (AvgIpc) is 3.28. The van der Waals surface area contributed by atoms with Gasteiger partial charge in [-0.2, -0.15) is 0 Å². The number of hydrogen-bond donors (Lipinski definition) is 0. The summed E-state index contributed by atoms with van der Waals surface area (Å²) in [6.07, 6.45) is 5.48. The molecule has 1 aliphatic rings. The van der Waals surface area contributed by atoms with Crippen molar-refractivity contribution in [3.05, 3.63) is 102 Å². The molecule has 1 aliphatic carbocycles. The van der Waals surface area contributed by atoms with E-state index in [0.29, 0.717) is 39.6 Å². The Morgan fingerprint density at radius 1 is 1.03 bits per heavy atom. The van der Waals surface area contributed by atoms with Gasteiger partial charge in [0.05, 0.1) is 29.9 Å². The van der Waals surface area contributed by atoms with E-state index in [-0.39, 0.29) is 17.7 Å². The van der Waals surface area contributed by atoms with Gasteiger partial charge in [-0.25, -0.2) is 14.3 Å². The Morgan fingerprint density at radius 2 is 1.83 bits per heavy atom. The molecule has 6 rings (SSSR count). The third kappa shape index (κ3) is 3.67. The van der Waals surface area contributed by atoms with Gasteiger partial charge in [-0.15, -0.1) is 11.3 Å². The van der Waals surface area contributed by atoms with Crippen LogP contribution in [-0.4, -0.2) is 25.1 Å². The highest BCUT2D eigenvalue weighted by molar-refractivity contribution is 7.18. The second-order valence-electron chi connectivity index (χ2n) is 8.84. The van der Waals surface area contributed by atoms with Gasteiger partial charge >= 0.3 is 5.69 Å². The van der Waals surface area contributed by atoms with E-state index < -0.39 is 5.69 Å². The van der Waals surface area contributed by atoms with Crippen molar-refractivity contribution in [3.63, 3.8) is 0 Å². The third-order valence-electron chi connectivity index (χ3n) is 6.59.